The molecular formula is C18H17F3N4O. The molecule has 0 aliphatic carbocycles. The van der Waals surface area contributed by atoms with Crippen LogP contribution in [0.1, 0.15) is 16.8 Å². The highest BCUT2D eigenvalue weighted by molar-refractivity contribution is 5.95. The highest BCUT2D eigenvalue weighted by Gasteiger charge is 2.40. The van der Waals surface area contributed by atoms with E-state index in [4.69, 9.17) is 10.5 Å². The Morgan fingerprint density at radius 3 is 2.65 bits per heavy atom. The first kappa shape index (κ1) is 17.0. The number of ether oxygens (including phenoxy) is 1. The molecule has 26 heavy (non-hydrogen) atoms. The fourth-order valence-electron chi connectivity index (χ4n) is 3.39. The van der Waals surface area contributed by atoms with Gasteiger partial charge in [0.25, 0.3) is 0 Å². The molecule has 1 aromatic carbocycles. The van der Waals surface area contributed by atoms with Crippen molar-refractivity contribution in [2.75, 3.05) is 19.8 Å². The predicted molar refractivity (Wildman–Crippen MR) is 90.6 cm³/mol. The third-order valence-corrected chi connectivity index (χ3v) is 4.89. The SMILES string of the molecule is Cc1cc(-c2ccnc3n[nH]c(C(F)(F)F)c23)cc(C2(CN)COC2)c1. The lowest BCUT2D eigenvalue weighted by Crippen LogP contribution is -2.52. The maximum absolute atomic E-state index is 13.4. The summed E-state index contributed by atoms with van der Waals surface area (Å²) in [4.78, 5) is 3.96. The van der Waals surface area contributed by atoms with Crippen molar-refractivity contribution in [3.63, 3.8) is 0 Å². The van der Waals surface area contributed by atoms with Gasteiger partial charge in [-0.05, 0) is 29.7 Å². The molecule has 8 heteroatoms. The quantitative estimate of drug-likeness (QED) is 0.750. The summed E-state index contributed by atoms with van der Waals surface area (Å²) in [5.41, 5.74) is 7.85. The van der Waals surface area contributed by atoms with Gasteiger partial charge < -0.3 is 10.5 Å². The minimum Gasteiger partial charge on any atom is -0.379 e. The highest BCUT2D eigenvalue weighted by atomic mass is 19.4. The van der Waals surface area contributed by atoms with Crippen molar-refractivity contribution >= 4 is 11.0 Å². The molecule has 1 aliphatic heterocycles. The van der Waals surface area contributed by atoms with Crippen LogP contribution in [0.3, 0.4) is 0 Å². The van der Waals surface area contributed by atoms with Gasteiger partial charge in [-0.3, -0.25) is 5.10 Å². The molecule has 1 fully saturated rings. The zero-order valence-electron chi connectivity index (χ0n) is 14.0. The summed E-state index contributed by atoms with van der Waals surface area (Å²) in [6.07, 6.45) is -3.08. The van der Waals surface area contributed by atoms with Crippen molar-refractivity contribution in [2.45, 2.75) is 18.5 Å². The van der Waals surface area contributed by atoms with Crippen molar-refractivity contribution < 1.29 is 17.9 Å². The molecule has 4 rings (SSSR count). The number of halogens is 3. The normalized spacial score (nSPS) is 16.7. The Hall–Kier alpha value is -2.45. The minimum absolute atomic E-state index is 0.0248. The first-order valence-corrected chi connectivity index (χ1v) is 8.15. The maximum Gasteiger partial charge on any atom is 0.433 e. The van der Waals surface area contributed by atoms with E-state index in [1.165, 1.54) is 6.20 Å². The number of nitrogens with zero attached hydrogens (tertiary/aromatic N) is 2. The van der Waals surface area contributed by atoms with Crippen molar-refractivity contribution in [1.29, 1.82) is 0 Å². The standard InChI is InChI=1S/C18H17F3N4O/c1-10-4-11(6-12(5-10)17(7-22)8-26-9-17)13-2-3-23-16-14(13)15(24-25-16)18(19,20)21/h2-6H,7-9,22H2,1H3,(H,23,24,25). The van der Waals surface area contributed by atoms with Gasteiger partial charge in [0, 0.05) is 12.7 Å². The molecule has 3 N–H and O–H groups in total. The molecule has 1 saturated heterocycles. The Bertz CT molecular complexity index is 971. The predicted octanol–water partition coefficient (Wildman–Crippen LogP) is 3.18. The molecule has 0 bridgehead atoms. The summed E-state index contributed by atoms with van der Waals surface area (Å²) in [5, 5.41) is 5.77. The van der Waals surface area contributed by atoms with Crippen LogP contribution in [0.25, 0.3) is 22.2 Å². The molecule has 1 aliphatic rings. The molecule has 136 valence electrons. The van der Waals surface area contributed by atoms with E-state index in [9.17, 15) is 13.2 Å². The van der Waals surface area contributed by atoms with Crippen LogP contribution in [0, 0.1) is 6.92 Å². The molecule has 3 aromatic rings. The number of benzene rings is 1. The van der Waals surface area contributed by atoms with E-state index in [1.54, 1.807) is 6.07 Å². The van der Waals surface area contributed by atoms with Gasteiger partial charge in [-0.15, -0.1) is 0 Å². The fraction of sp³-hybridized carbons (Fsp3) is 0.333. The zero-order chi connectivity index (χ0) is 18.5. The van der Waals surface area contributed by atoms with Gasteiger partial charge in [-0.2, -0.15) is 18.3 Å². The Morgan fingerprint density at radius 1 is 1.27 bits per heavy atom. The smallest absolute Gasteiger partial charge is 0.379 e. The first-order chi connectivity index (χ1) is 12.3. The van der Waals surface area contributed by atoms with Gasteiger partial charge in [-0.25, -0.2) is 4.98 Å². The lowest BCUT2D eigenvalue weighted by Gasteiger charge is -2.41. The molecular weight excluding hydrogens is 345 g/mol. The Morgan fingerprint density at radius 2 is 2.04 bits per heavy atom. The monoisotopic (exact) mass is 362 g/mol. The number of fused-ring (bicyclic) bond motifs is 1. The number of nitrogens with two attached hydrogens (primary N) is 1. The molecule has 5 nitrogen and oxygen atoms in total. The van der Waals surface area contributed by atoms with E-state index >= 15 is 0 Å². The van der Waals surface area contributed by atoms with E-state index in [2.05, 4.69) is 15.2 Å². The number of rotatable bonds is 3. The summed E-state index contributed by atoms with van der Waals surface area (Å²) < 4.78 is 45.5. The van der Waals surface area contributed by atoms with Gasteiger partial charge >= 0.3 is 6.18 Å². The largest absolute Gasteiger partial charge is 0.433 e. The lowest BCUT2D eigenvalue weighted by atomic mass is 9.77. The van der Waals surface area contributed by atoms with Crippen LogP contribution in [0.5, 0.6) is 0 Å². The maximum atomic E-state index is 13.4. The number of H-pyrrole nitrogens is 1. The summed E-state index contributed by atoms with van der Waals surface area (Å²) in [6, 6.07) is 7.34. The van der Waals surface area contributed by atoms with Crippen LogP contribution in [0.2, 0.25) is 0 Å². The fourth-order valence-corrected chi connectivity index (χ4v) is 3.39. The number of hydrogen-bond donors (Lipinski definition) is 2. The average molecular weight is 362 g/mol. The van der Waals surface area contributed by atoms with Crippen molar-refractivity contribution in [3.05, 3.63) is 47.3 Å². The molecule has 3 heterocycles. The Labute approximate surface area is 147 Å². The van der Waals surface area contributed by atoms with Crippen LogP contribution in [0.15, 0.2) is 30.5 Å². The number of hydrogen-bond acceptors (Lipinski definition) is 4. The van der Waals surface area contributed by atoms with Gasteiger partial charge in [-0.1, -0.05) is 23.8 Å². The number of aromatic nitrogens is 3. The second-order valence-corrected chi connectivity index (χ2v) is 6.72. The van der Waals surface area contributed by atoms with Crippen molar-refractivity contribution in [3.8, 4) is 11.1 Å². The second kappa shape index (κ2) is 5.78. The third-order valence-electron chi connectivity index (χ3n) is 4.89. The van der Waals surface area contributed by atoms with Crippen LogP contribution < -0.4 is 5.73 Å². The van der Waals surface area contributed by atoms with Crippen LogP contribution >= 0.6 is 0 Å². The Kier molecular flexibility index (Phi) is 3.78. The number of alkyl halides is 3. The zero-order valence-corrected chi connectivity index (χ0v) is 14.0. The second-order valence-electron chi connectivity index (χ2n) is 6.72. The third kappa shape index (κ3) is 2.57. The molecule has 0 amide bonds. The summed E-state index contributed by atoms with van der Waals surface area (Å²) in [5.74, 6) is 0. The summed E-state index contributed by atoms with van der Waals surface area (Å²) in [6.45, 7) is 3.35. The number of nitrogens with one attached hydrogen (secondary N) is 1. The topological polar surface area (TPSA) is 76.8 Å². The first-order valence-electron chi connectivity index (χ1n) is 8.15. The van der Waals surface area contributed by atoms with Crippen LogP contribution in [-0.2, 0) is 16.3 Å². The van der Waals surface area contributed by atoms with Crippen molar-refractivity contribution in [2.24, 2.45) is 5.73 Å². The van der Waals surface area contributed by atoms with E-state index < -0.39 is 11.9 Å². The van der Waals surface area contributed by atoms with Crippen molar-refractivity contribution in [1.82, 2.24) is 15.2 Å². The van der Waals surface area contributed by atoms with Gasteiger partial charge in [0.15, 0.2) is 5.65 Å². The molecule has 0 atom stereocenters. The van der Waals surface area contributed by atoms with Gasteiger partial charge in [0.2, 0.25) is 0 Å². The van der Waals surface area contributed by atoms with E-state index in [-0.39, 0.29) is 16.4 Å². The van der Waals surface area contributed by atoms with E-state index in [0.29, 0.717) is 30.9 Å². The minimum atomic E-state index is -4.54. The average Bonchev–Trinajstić information content (AvgIpc) is 2.98. The van der Waals surface area contributed by atoms with Crippen LogP contribution in [0.4, 0.5) is 13.2 Å². The summed E-state index contributed by atoms with van der Waals surface area (Å²) in [7, 11) is 0. The van der Waals surface area contributed by atoms with Crippen LogP contribution in [-0.4, -0.2) is 34.9 Å². The van der Waals surface area contributed by atoms with Gasteiger partial charge in [0.1, 0.15) is 5.69 Å². The summed E-state index contributed by atoms with van der Waals surface area (Å²) >= 11 is 0. The number of pyridine rings is 1. The molecule has 2 aromatic heterocycles. The van der Waals surface area contributed by atoms with Gasteiger partial charge in [0.05, 0.1) is 24.0 Å². The van der Waals surface area contributed by atoms with E-state index in [1.807, 2.05) is 25.1 Å². The molecule has 0 radical (unpaired) electrons. The number of aromatic amines is 1. The Balaban J connectivity index is 1.94. The number of aryl methyl sites for hydroxylation is 1. The lowest BCUT2D eigenvalue weighted by molar-refractivity contribution is -0.139. The molecule has 0 spiro atoms. The highest BCUT2D eigenvalue weighted by Crippen LogP contribution is 2.40. The van der Waals surface area contributed by atoms with E-state index in [0.717, 1.165) is 11.1 Å². The molecule has 0 saturated carbocycles. The molecule has 0 unspecified atom stereocenters.